The number of likely N-dealkylation sites (tertiary alicyclic amines) is 1. The van der Waals surface area contributed by atoms with Crippen molar-refractivity contribution in [3.63, 3.8) is 0 Å². The highest BCUT2D eigenvalue weighted by Crippen LogP contribution is 2.27. The molecule has 1 fully saturated rings. The standard InChI is InChI=1S/C25H37N5O6S/c1-18(22(32)26-2)29-24(34)28-14-13-27-12-8-3-4-9-15-37-20-16-21(31)30(23(20)33)25(35)36-17-19-10-6-5-7-11-19/h5-7,10-11,18,20,27H,3-4,8-9,12-17H2,1-2H3,(H,26,32)(H2,28,29,34)/t18-,20?/m1/s1. The van der Waals surface area contributed by atoms with Crippen LogP contribution in [-0.2, 0) is 25.7 Å². The van der Waals surface area contributed by atoms with Crippen LogP contribution >= 0.6 is 11.8 Å². The largest absolute Gasteiger partial charge is 0.444 e. The van der Waals surface area contributed by atoms with E-state index in [1.807, 2.05) is 18.2 Å². The van der Waals surface area contributed by atoms with Crippen molar-refractivity contribution in [1.29, 1.82) is 0 Å². The Labute approximate surface area is 221 Å². The molecule has 4 N–H and O–H groups in total. The van der Waals surface area contributed by atoms with Gasteiger partial charge < -0.3 is 26.0 Å². The van der Waals surface area contributed by atoms with E-state index in [9.17, 15) is 24.0 Å². The fraction of sp³-hybridized carbons (Fsp3) is 0.560. The van der Waals surface area contributed by atoms with Gasteiger partial charge >= 0.3 is 12.1 Å². The van der Waals surface area contributed by atoms with E-state index in [0.29, 0.717) is 18.0 Å². The molecule has 1 unspecified atom stereocenters. The van der Waals surface area contributed by atoms with Crippen LogP contribution in [0.3, 0.4) is 0 Å². The average Bonchev–Trinajstić information content (AvgIpc) is 3.18. The maximum Gasteiger partial charge on any atom is 0.423 e. The van der Waals surface area contributed by atoms with Crippen LogP contribution in [-0.4, -0.2) is 78.5 Å². The maximum atomic E-state index is 12.5. The third-order valence-corrected chi connectivity index (χ3v) is 6.93. The van der Waals surface area contributed by atoms with E-state index in [0.717, 1.165) is 43.5 Å². The first-order valence-corrected chi connectivity index (χ1v) is 13.5. The molecule has 1 aromatic rings. The first kappa shape index (κ1) is 30.1. The monoisotopic (exact) mass is 535 g/mol. The first-order chi connectivity index (χ1) is 17.8. The summed E-state index contributed by atoms with van der Waals surface area (Å²) in [6, 6.07) is 8.10. The van der Waals surface area contributed by atoms with Gasteiger partial charge in [0.25, 0.3) is 5.91 Å². The number of benzene rings is 1. The second kappa shape index (κ2) is 16.6. The van der Waals surface area contributed by atoms with E-state index in [1.165, 1.54) is 18.8 Å². The molecule has 0 aliphatic carbocycles. The minimum atomic E-state index is -0.913. The van der Waals surface area contributed by atoms with Crippen molar-refractivity contribution in [1.82, 2.24) is 26.2 Å². The summed E-state index contributed by atoms with van der Waals surface area (Å²) in [5.41, 5.74) is 0.782. The molecule has 0 spiro atoms. The van der Waals surface area contributed by atoms with Crippen LogP contribution in [0.5, 0.6) is 0 Å². The number of hydrogen-bond donors (Lipinski definition) is 4. The Kier molecular flexibility index (Phi) is 13.5. The molecule has 1 saturated heterocycles. The number of thioether (sulfide) groups is 1. The summed E-state index contributed by atoms with van der Waals surface area (Å²) in [6.07, 6.45) is 3.00. The molecule has 204 valence electrons. The Hall–Kier alpha value is -3.12. The molecular formula is C25H37N5O6S. The predicted octanol–water partition coefficient (Wildman–Crippen LogP) is 1.77. The number of urea groups is 1. The number of carbonyl (C=O) groups is 5. The number of rotatable bonds is 15. The quantitative estimate of drug-likeness (QED) is 0.196. The molecule has 6 amide bonds. The lowest BCUT2D eigenvalue weighted by atomic mass is 10.2. The van der Waals surface area contributed by atoms with Gasteiger partial charge in [0.05, 0.1) is 5.25 Å². The Morgan fingerprint density at radius 3 is 2.51 bits per heavy atom. The molecule has 12 heteroatoms. The number of carbonyl (C=O) groups excluding carboxylic acids is 5. The van der Waals surface area contributed by atoms with Gasteiger partial charge in [0.15, 0.2) is 0 Å². The summed E-state index contributed by atoms with van der Waals surface area (Å²) < 4.78 is 5.14. The molecule has 1 aromatic carbocycles. The Balaban J connectivity index is 1.48. The molecule has 11 nitrogen and oxygen atoms in total. The number of nitrogens with zero attached hydrogens (tertiary/aromatic N) is 1. The third kappa shape index (κ3) is 10.8. The molecule has 1 aliphatic rings. The number of likely N-dealkylation sites (N-methyl/N-ethyl adjacent to an activating group) is 1. The van der Waals surface area contributed by atoms with E-state index in [-0.39, 0.29) is 25.0 Å². The molecule has 1 heterocycles. The summed E-state index contributed by atoms with van der Waals surface area (Å²) in [5.74, 6) is -0.532. The molecular weight excluding hydrogens is 498 g/mol. The fourth-order valence-corrected chi connectivity index (χ4v) is 4.72. The zero-order valence-corrected chi connectivity index (χ0v) is 22.2. The van der Waals surface area contributed by atoms with E-state index in [4.69, 9.17) is 4.74 Å². The van der Waals surface area contributed by atoms with Gasteiger partial charge in [0.1, 0.15) is 12.6 Å². The molecule has 37 heavy (non-hydrogen) atoms. The van der Waals surface area contributed by atoms with Crippen molar-refractivity contribution in [2.24, 2.45) is 0 Å². The number of ether oxygens (including phenoxy) is 1. The highest BCUT2D eigenvalue weighted by molar-refractivity contribution is 8.00. The lowest BCUT2D eigenvalue weighted by molar-refractivity contribution is -0.136. The highest BCUT2D eigenvalue weighted by atomic mass is 32.2. The number of imide groups is 3. The molecule has 0 bridgehead atoms. The second-order valence-electron chi connectivity index (χ2n) is 8.57. The van der Waals surface area contributed by atoms with Gasteiger partial charge in [-0.15, -0.1) is 11.8 Å². The maximum absolute atomic E-state index is 12.5. The normalized spacial score (nSPS) is 15.8. The molecule has 1 aliphatic heterocycles. The van der Waals surface area contributed by atoms with Crippen molar-refractivity contribution >= 4 is 41.6 Å². The van der Waals surface area contributed by atoms with Gasteiger partial charge in [-0.25, -0.2) is 9.59 Å². The van der Waals surface area contributed by atoms with Crippen molar-refractivity contribution in [3.8, 4) is 0 Å². The molecule has 0 radical (unpaired) electrons. The zero-order valence-electron chi connectivity index (χ0n) is 21.4. The predicted molar refractivity (Wildman–Crippen MR) is 141 cm³/mol. The van der Waals surface area contributed by atoms with E-state index in [2.05, 4.69) is 21.3 Å². The van der Waals surface area contributed by atoms with Gasteiger partial charge in [-0.1, -0.05) is 43.2 Å². The number of hydrogen-bond acceptors (Lipinski definition) is 8. The van der Waals surface area contributed by atoms with Crippen LogP contribution in [0.2, 0.25) is 0 Å². The van der Waals surface area contributed by atoms with Gasteiger partial charge in [-0.3, -0.25) is 14.4 Å². The summed E-state index contributed by atoms with van der Waals surface area (Å²) in [7, 11) is 1.52. The number of unbranched alkanes of at least 4 members (excludes halogenated alkanes) is 3. The summed E-state index contributed by atoms with van der Waals surface area (Å²) in [5, 5.41) is 10.4. The van der Waals surface area contributed by atoms with Gasteiger partial charge in [0.2, 0.25) is 11.8 Å². The van der Waals surface area contributed by atoms with Crippen LogP contribution in [0.25, 0.3) is 0 Å². The van der Waals surface area contributed by atoms with Crippen LogP contribution in [0.4, 0.5) is 9.59 Å². The highest BCUT2D eigenvalue weighted by Gasteiger charge is 2.43. The smallest absolute Gasteiger partial charge is 0.423 e. The minimum absolute atomic E-state index is 0.00759. The Bertz CT molecular complexity index is 916. The third-order valence-electron chi connectivity index (χ3n) is 5.63. The van der Waals surface area contributed by atoms with E-state index >= 15 is 0 Å². The van der Waals surface area contributed by atoms with E-state index < -0.39 is 29.2 Å². The summed E-state index contributed by atoms with van der Waals surface area (Å²) >= 11 is 1.41. The topological polar surface area (TPSA) is 146 Å². The van der Waals surface area contributed by atoms with Crippen molar-refractivity contribution in [2.75, 3.05) is 32.4 Å². The first-order valence-electron chi connectivity index (χ1n) is 12.5. The number of amides is 6. The molecule has 2 rings (SSSR count). The lowest BCUT2D eigenvalue weighted by Gasteiger charge is -2.13. The fourth-order valence-electron chi connectivity index (χ4n) is 3.56. The Morgan fingerprint density at radius 2 is 1.78 bits per heavy atom. The average molecular weight is 536 g/mol. The van der Waals surface area contributed by atoms with Crippen LogP contribution < -0.4 is 21.3 Å². The summed E-state index contributed by atoms with van der Waals surface area (Å²) in [4.78, 5) is 60.7. The lowest BCUT2D eigenvalue weighted by Crippen LogP contribution is -2.48. The minimum Gasteiger partial charge on any atom is -0.444 e. The van der Waals surface area contributed by atoms with Gasteiger partial charge in [-0.05, 0) is 37.6 Å². The molecule has 0 saturated carbocycles. The van der Waals surface area contributed by atoms with Crippen LogP contribution in [0.1, 0.15) is 44.6 Å². The van der Waals surface area contributed by atoms with Gasteiger partial charge in [0, 0.05) is 26.6 Å². The van der Waals surface area contributed by atoms with Crippen LogP contribution in [0.15, 0.2) is 30.3 Å². The van der Waals surface area contributed by atoms with E-state index in [1.54, 1.807) is 19.1 Å². The van der Waals surface area contributed by atoms with Crippen molar-refractivity contribution < 1.29 is 28.7 Å². The zero-order chi connectivity index (χ0) is 27.0. The Morgan fingerprint density at radius 1 is 1.05 bits per heavy atom. The summed E-state index contributed by atoms with van der Waals surface area (Å²) in [6.45, 7) is 3.52. The SMILES string of the molecule is CNC(=O)[C@@H](C)NC(=O)NCCNCCCCCCSC1CC(=O)N(C(=O)OCc2ccccc2)C1=O. The van der Waals surface area contributed by atoms with Crippen LogP contribution in [0, 0.1) is 0 Å². The molecule has 0 aromatic heterocycles. The number of nitrogens with one attached hydrogen (secondary N) is 4. The molecule has 2 atom stereocenters. The second-order valence-corrected chi connectivity index (χ2v) is 9.88. The van der Waals surface area contributed by atoms with Crippen molar-refractivity contribution in [3.05, 3.63) is 35.9 Å². The van der Waals surface area contributed by atoms with Crippen molar-refractivity contribution in [2.45, 2.75) is 56.9 Å². The van der Waals surface area contributed by atoms with Gasteiger partial charge in [-0.2, -0.15) is 4.90 Å².